The minimum atomic E-state index is -2.82. The van der Waals surface area contributed by atoms with Crippen molar-refractivity contribution in [3.8, 4) is 0 Å². The quantitative estimate of drug-likeness (QED) is 0.538. The second-order valence-corrected chi connectivity index (χ2v) is 7.35. The Morgan fingerprint density at radius 3 is 2.58 bits per heavy atom. The number of piperidine rings is 1. The van der Waals surface area contributed by atoms with Crippen LogP contribution in [-0.4, -0.2) is 54.1 Å². The van der Waals surface area contributed by atoms with E-state index in [0.717, 1.165) is 18.1 Å². The summed E-state index contributed by atoms with van der Waals surface area (Å²) in [5, 5.41) is 12.8. The van der Waals surface area contributed by atoms with Crippen LogP contribution in [0.2, 0.25) is 0 Å². The number of halogens is 3. The maximum absolute atomic E-state index is 13.9. The minimum absolute atomic E-state index is 0.110. The highest BCUT2D eigenvalue weighted by Gasteiger charge is 2.36. The van der Waals surface area contributed by atoms with Gasteiger partial charge in [-0.05, 0) is 20.3 Å². The molecule has 164 valence electrons. The van der Waals surface area contributed by atoms with Gasteiger partial charge in [0, 0.05) is 24.7 Å². The van der Waals surface area contributed by atoms with Crippen molar-refractivity contribution in [3.05, 3.63) is 35.8 Å². The van der Waals surface area contributed by atoms with E-state index < -0.39 is 24.3 Å². The molecule has 1 unspecified atom stereocenters. The molecule has 0 bridgehead atoms. The summed E-state index contributed by atoms with van der Waals surface area (Å²) in [5.41, 5.74) is 0.827. The molecule has 0 amide bonds. The third kappa shape index (κ3) is 5.16. The zero-order valence-corrected chi connectivity index (χ0v) is 16.9. The molecule has 3 aromatic rings. The average Bonchev–Trinajstić information content (AvgIpc) is 3.12. The topological polar surface area (TPSA) is 120 Å². The number of H-pyrrole nitrogens is 1. The largest absolute Gasteiger partial charge is 0.344 e. The summed E-state index contributed by atoms with van der Waals surface area (Å²) < 4.78 is 41.0. The molecule has 0 spiro atoms. The highest BCUT2D eigenvalue weighted by Crippen LogP contribution is 2.29. The van der Waals surface area contributed by atoms with Crippen molar-refractivity contribution in [1.29, 1.82) is 0 Å². The van der Waals surface area contributed by atoms with Crippen LogP contribution in [0.25, 0.3) is 0 Å². The highest BCUT2D eigenvalue weighted by molar-refractivity contribution is 5.52. The number of nitrogens with zero attached hydrogens (tertiary/aromatic N) is 7. The molecule has 4 rings (SSSR count). The summed E-state index contributed by atoms with van der Waals surface area (Å²) >= 11 is 0. The van der Waals surface area contributed by atoms with E-state index in [0.29, 0.717) is 24.6 Å². The first-order valence-electron chi connectivity index (χ1n) is 9.69. The molecule has 10 nitrogen and oxygen atoms in total. The second-order valence-electron chi connectivity index (χ2n) is 7.35. The normalized spacial score (nSPS) is 16.7. The van der Waals surface area contributed by atoms with Gasteiger partial charge in [-0.15, -0.1) is 0 Å². The number of aromatic nitrogens is 7. The van der Waals surface area contributed by atoms with Gasteiger partial charge in [-0.3, -0.25) is 5.10 Å². The first-order valence-corrected chi connectivity index (χ1v) is 9.69. The van der Waals surface area contributed by atoms with E-state index in [4.69, 9.17) is 0 Å². The molecular formula is C18H21F3N10. The summed E-state index contributed by atoms with van der Waals surface area (Å²) in [5.74, 6) is -2.19. The van der Waals surface area contributed by atoms with E-state index in [9.17, 15) is 13.2 Å². The maximum Gasteiger partial charge on any atom is 0.265 e. The van der Waals surface area contributed by atoms with E-state index >= 15 is 0 Å². The Labute approximate surface area is 175 Å². The van der Waals surface area contributed by atoms with Gasteiger partial charge in [-0.25, -0.2) is 23.1 Å². The van der Waals surface area contributed by atoms with Crippen LogP contribution < -0.4 is 15.5 Å². The van der Waals surface area contributed by atoms with Crippen LogP contribution in [0.5, 0.6) is 0 Å². The molecule has 0 radical (unpaired) electrons. The fourth-order valence-electron chi connectivity index (χ4n) is 3.16. The second kappa shape index (κ2) is 8.32. The molecule has 1 aliphatic heterocycles. The van der Waals surface area contributed by atoms with Crippen molar-refractivity contribution < 1.29 is 13.2 Å². The molecule has 1 fully saturated rings. The predicted octanol–water partition coefficient (Wildman–Crippen LogP) is 2.98. The van der Waals surface area contributed by atoms with Crippen LogP contribution in [-0.2, 0) is 0 Å². The van der Waals surface area contributed by atoms with Gasteiger partial charge in [-0.1, -0.05) is 0 Å². The van der Waals surface area contributed by atoms with Gasteiger partial charge in [0.2, 0.25) is 17.8 Å². The van der Waals surface area contributed by atoms with E-state index in [-0.39, 0.29) is 24.3 Å². The Bertz CT molecular complexity index is 1040. The molecule has 3 aromatic heterocycles. The predicted molar refractivity (Wildman–Crippen MR) is 107 cm³/mol. The van der Waals surface area contributed by atoms with Crippen molar-refractivity contribution in [3.63, 3.8) is 0 Å². The molecule has 1 saturated heterocycles. The lowest BCUT2D eigenvalue weighted by Crippen LogP contribution is -2.43. The van der Waals surface area contributed by atoms with Crippen molar-refractivity contribution in [2.75, 3.05) is 28.6 Å². The van der Waals surface area contributed by atoms with E-state index in [1.54, 1.807) is 13.0 Å². The molecule has 0 saturated carbocycles. The van der Waals surface area contributed by atoms with Crippen molar-refractivity contribution in [2.45, 2.75) is 38.7 Å². The Morgan fingerprint density at radius 1 is 1.16 bits per heavy atom. The van der Waals surface area contributed by atoms with Crippen molar-refractivity contribution in [1.82, 2.24) is 35.1 Å². The van der Waals surface area contributed by atoms with Gasteiger partial charge in [-0.2, -0.15) is 20.1 Å². The van der Waals surface area contributed by atoms with Gasteiger partial charge in [0.1, 0.15) is 5.82 Å². The first-order chi connectivity index (χ1) is 14.8. The zero-order chi connectivity index (χ0) is 22.0. The molecule has 4 heterocycles. The average molecular weight is 434 g/mol. The van der Waals surface area contributed by atoms with Gasteiger partial charge >= 0.3 is 0 Å². The van der Waals surface area contributed by atoms with Gasteiger partial charge < -0.3 is 15.5 Å². The molecule has 0 aliphatic carbocycles. The first kappa shape index (κ1) is 20.8. The minimum Gasteiger partial charge on any atom is -0.344 e. The Morgan fingerprint density at radius 2 is 1.90 bits per heavy atom. The van der Waals surface area contributed by atoms with Gasteiger partial charge in [0.15, 0.2) is 11.6 Å². The molecule has 13 heteroatoms. The highest BCUT2D eigenvalue weighted by atomic mass is 19.3. The number of aryl methyl sites for hydroxylation is 1. The summed E-state index contributed by atoms with van der Waals surface area (Å²) in [6.07, 6.45) is 2.27. The van der Waals surface area contributed by atoms with Crippen molar-refractivity contribution >= 4 is 23.7 Å². The van der Waals surface area contributed by atoms with Crippen LogP contribution >= 0.6 is 0 Å². The lowest BCUT2D eigenvalue weighted by Gasteiger charge is -2.32. The van der Waals surface area contributed by atoms with Crippen molar-refractivity contribution in [2.24, 2.45) is 0 Å². The summed E-state index contributed by atoms with van der Waals surface area (Å²) in [7, 11) is 0. The molecule has 0 aromatic carbocycles. The number of rotatable bonds is 6. The van der Waals surface area contributed by atoms with E-state index in [1.165, 1.54) is 4.90 Å². The smallest absolute Gasteiger partial charge is 0.265 e. The summed E-state index contributed by atoms with van der Waals surface area (Å²) in [6.45, 7) is 3.50. The summed E-state index contributed by atoms with van der Waals surface area (Å²) in [6, 6.07) is 1.28. The van der Waals surface area contributed by atoms with Crippen LogP contribution in [0.1, 0.15) is 37.3 Å². The summed E-state index contributed by atoms with van der Waals surface area (Å²) in [4.78, 5) is 22.2. The number of anilines is 4. The number of nitrogens with one attached hydrogen (secondary N) is 3. The number of hydrogen-bond donors (Lipinski definition) is 3. The molecular weight excluding hydrogens is 413 g/mol. The SMILES string of the molecule is Cc1cc(Nc2nc(NC(C)c3ncc(F)cn3)nc(N3CCCC(F)(F)C3)n2)n[nH]1. The Balaban J connectivity index is 1.62. The van der Waals surface area contributed by atoms with E-state index in [1.807, 2.05) is 6.92 Å². The number of aromatic amines is 1. The third-order valence-corrected chi connectivity index (χ3v) is 4.62. The van der Waals surface area contributed by atoms with E-state index in [2.05, 4.69) is 45.8 Å². The van der Waals surface area contributed by atoms with Gasteiger partial charge in [0.25, 0.3) is 5.92 Å². The van der Waals surface area contributed by atoms with Gasteiger partial charge in [0.05, 0.1) is 25.0 Å². The molecule has 1 atom stereocenters. The Hall–Kier alpha value is -3.51. The molecule has 1 aliphatic rings. The number of alkyl halides is 2. The lowest BCUT2D eigenvalue weighted by molar-refractivity contribution is -0.0120. The number of hydrogen-bond acceptors (Lipinski definition) is 9. The lowest BCUT2D eigenvalue weighted by atomic mass is 10.1. The van der Waals surface area contributed by atoms with Crippen LogP contribution in [0.3, 0.4) is 0 Å². The molecule has 3 N–H and O–H groups in total. The zero-order valence-electron chi connectivity index (χ0n) is 16.9. The third-order valence-electron chi connectivity index (χ3n) is 4.62. The monoisotopic (exact) mass is 434 g/mol. The van der Waals surface area contributed by atoms with Crippen LogP contribution in [0.4, 0.5) is 36.8 Å². The fraction of sp³-hybridized carbons (Fsp3) is 0.444. The van der Waals surface area contributed by atoms with Crippen LogP contribution in [0.15, 0.2) is 18.5 Å². The molecule has 31 heavy (non-hydrogen) atoms. The maximum atomic E-state index is 13.9. The standard InChI is InChI=1S/C18H21F3N10/c1-10-6-13(30-29-10)25-16-26-15(24-11(2)14-22-7-12(19)8-23-14)27-17(28-16)31-5-3-4-18(20,21)9-31/h6-8,11H,3-5,9H2,1-2H3,(H3,24,25,26,27,28,29,30). The van der Waals surface area contributed by atoms with Crippen LogP contribution in [0, 0.1) is 12.7 Å². The Kier molecular flexibility index (Phi) is 5.57. The fourth-order valence-corrected chi connectivity index (χ4v) is 3.16.